The van der Waals surface area contributed by atoms with Gasteiger partial charge in [0.15, 0.2) is 4.90 Å². The van der Waals surface area contributed by atoms with Crippen molar-refractivity contribution in [3.63, 3.8) is 0 Å². The van der Waals surface area contributed by atoms with E-state index in [0.717, 1.165) is 18.2 Å². The number of halogens is 2. The minimum absolute atomic E-state index is 0. The average molecular weight is 328 g/mol. The maximum absolute atomic E-state index is 13.3. The van der Waals surface area contributed by atoms with Crippen LogP contribution in [0.5, 0.6) is 0 Å². The normalized spacial score (nSPS) is 11.8. The third-order valence-corrected chi connectivity index (χ3v) is 3.57. The minimum Gasteiger partial charge on any atom is -0.324 e. The van der Waals surface area contributed by atoms with Crippen molar-refractivity contribution in [2.45, 2.75) is 24.3 Å². The first-order chi connectivity index (χ1) is 8.54. The summed E-state index contributed by atoms with van der Waals surface area (Å²) >= 11 is 0. The molecule has 0 heterocycles. The Kier molecular flexibility index (Phi) is 6.02. The van der Waals surface area contributed by atoms with Crippen molar-refractivity contribution in [1.29, 1.82) is 0 Å². The Bertz CT molecular complexity index is 601. The van der Waals surface area contributed by atoms with Crippen molar-refractivity contribution in [3.05, 3.63) is 34.1 Å². The number of nitro groups is 1. The molecule has 0 aliphatic rings. The number of nitrogens with one attached hydrogen (secondary N) is 1. The van der Waals surface area contributed by atoms with E-state index in [4.69, 9.17) is 5.73 Å². The molecule has 1 aromatic carbocycles. The summed E-state index contributed by atoms with van der Waals surface area (Å²) in [6.07, 6.45) is 0. The maximum atomic E-state index is 13.3. The van der Waals surface area contributed by atoms with Crippen LogP contribution >= 0.6 is 12.4 Å². The maximum Gasteiger partial charge on any atom is 0.324 e. The molecule has 0 atom stereocenters. The molecule has 0 radical (unpaired) electrons. The quantitative estimate of drug-likeness (QED) is 0.622. The number of hydrogen-bond donors (Lipinski definition) is 2. The highest BCUT2D eigenvalue weighted by molar-refractivity contribution is 7.89. The smallest absolute Gasteiger partial charge is 0.324 e. The molecule has 20 heavy (non-hydrogen) atoms. The van der Waals surface area contributed by atoms with Crippen molar-refractivity contribution in [2.24, 2.45) is 5.73 Å². The van der Waals surface area contributed by atoms with Gasteiger partial charge in [-0.1, -0.05) is 6.07 Å². The topological polar surface area (TPSA) is 115 Å². The van der Waals surface area contributed by atoms with Gasteiger partial charge in [-0.2, -0.15) is 4.39 Å². The summed E-state index contributed by atoms with van der Waals surface area (Å²) in [6.45, 7) is 3.02. The number of rotatable bonds is 5. The predicted molar refractivity (Wildman–Crippen MR) is 73.8 cm³/mol. The van der Waals surface area contributed by atoms with Gasteiger partial charge in [0, 0.05) is 12.1 Å². The number of nitro benzene ring substituents is 1. The van der Waals surface area contributed by atoms with Crippen molar-refractivity contribution in [3.8, 4) is 0 Å². The Balaban J connectivity index is 0.00000361. The summed E-state index contributed by atoms with van der Waals surface area (Å²) in [4.78, 5) is 8.95. The van der Waals surface area contributed by atoms with Gasteiger partial charge in [0.25, 0.3) is 0 Å². The molecule has 0 unspecified atom stereocenters. The lowest BCUT2D eigenvalue weighted by atomic mass is 10.1. The van der Waals surface area contributed by atoms with E-state index in [1.54, 1.807) is 13.8 Å². The van der Waals surface area contributed by atoms with E-state index in [2.05, 4.69) is 4.72 Å². The molecule has 10 heteroatoms. The van der Waals surface area contributed by atoms with Crippen LogP contribution < -0.4 is 10.5 Å². The highest BCUT2D eigenvalue weighted by Crippen LogP contribution is 2.26. The summed E-state index contributed by atoms with van der Waals surface area (Å²) in [6, 6.07) is 2.88. The number of sulfonamides is 1. The Labute approximate surface area is 122 Å². The molecule has 1 rings (SSSR count). The standard InChI is InChI=1S/C10H14FN3O4S.ClH/c1-10(2,12)6-13-19(17,18)8-5-3-4-7(11)9(8)14(15)16;/h3-5,13H,6,12H2,1-2H3;1H. The molecular formula is C10H15ClFN3O4S. The lowest BCUT2D eigenvalue weighted by Crippen LogP contribution is -2.45. The highest BCUT2D eigenvalue weighted by atomic mass is 35.5. The van der Waals surface area contributed by atoms with Gasteiger partial charge in [0.2, 0.25) is 15.8 Å². The first-order valence-corrected chi connectivity index (χ1v) is 6.74. The largest absolute Gasteiger partial charge is 0.324 e. The molecule has 0 spiro atoms. The number of hydrogen-bond acceptors (Lipinski definition) is 5. The van der Waals surface area contributed by atoms with Crippen LogP contribution in [0, 0.1) is 15.9 Å². The van der Waals surface area contributed by atoms with Crippen molar-refractivity contribution in [1.82, 2.24) is 4.72 Å². The molecule has 1 aromatic rings. The fourth-order valence-electron chi connectivity index (χ4n) is 1.25. The number of para-hydroxylation sites is 1. The van der Waals surface area contributed by atoms with Gasteiger partial charge in [-0.25, -0.2) is 13.1 Å². The SMILES string of the molecule is CC(C)(N)CNS(=O)(=O)c1cccc(F)c1[N+](=O)[O-].Cl. The molecule has 0 amide bonds. The molecule has 0 aromatic heterocycles. The van der Waals surface area contributed by atoms with Crippen molar-refractivity contribution >= 4 is 28.1 Å². The fourth-order valence-corrected chi connectivity index (χ4v) is 2.65. The lowest BCUT2D eigenvalue weighted by molar-refractivity contribution is -0.390. The minimum atomic E-state index is -4.20. The zero-order chi connectivity index (χ0) is 14.8. The van der Waals surface area contributed by atoms with Crippen molar-refractivity contribution in [2.75, 3.05) is 6.54 Å². The number of benzene rings is 1. The first-order valence-electron chi connectivity index (χ1n) is 5.26. The molecule has 0 bridgehead atoms. The molecule has 0 aliphatic heterocycles. The Morgan fingerprint density at radius 2 is 2.00 bits per heavy atom. The summed E-state index contributed by atoms with van der Waals surface area (Å²) in [7, 11) is -4.20. The molecule has 7 nitrogen and oxygen atoms in total. The zero-order valence-corrected chi connectivity index (χ0v) is 12.4. The van der Waals surface area contributed by atoms with Crippen LogP contribution in [0.15, 0.2) is 23.1 Å². The second-order valence-corrected chi connectivity index (χ2v) is 6.39. The third kappa shape index (κ3) is 4.67. The molecule has 0 fully saturated rings. The summed E-state index contributed by atoms with van der Waals surface area (Å²) < 4.78 is 39.3. The molecule has 0 saturated carbocycles. The Hall–Kier alpha value is -1.29. The van der Waals surface area contributed by atoms with Gasteiger partial charge in [-0.05, 0) is 26.0 Å². The highest BCUT2D eigenvalue weighted by Gasteiger charge is 2.30. The first kappa shape index (κ1) is 18.7. The van der Waals surface area contributed by atoms with E-state index in [1.165, 1.54) is 0 Å². The van der Waals surface area contributed by atoms with Crippen LogP contribution in [-0.4, -0.2) is 25.4 Å². The third-order valence-electron chi connectivity index (χ3n) is 2.14. The molecular weight excluding hydrogens is 313 g/mol. The second-order valence-electron chi connectivity index (χ2n) is 4.66. The van der Waals surface area contributed by atoms with E-state index >= 15 is 0 Å². The van der Waals surface area contributed by atoms with Crippen LogP contribution in [0.25, 0.3) is 0 Å². The second kappa shape index (κ2) is 6.44. The summed E-state index contributed by atoms with van der Waals surface area (Å²) in [5.41, 5.74) is 3.70. The van der Waals surface area contributed by atoms with Gasteiger partial charge in [0.1, 0.15) is 0 Å². The fraction of sp³-hybridized carbons (Fsp3) is 0.400. The van der Waals surface area contributed by atoms with E-state index in [0.29, 0.717) is 0 Å². The number of nitrogens with two attached hydrogens (primary N) is 1. The van der Waals surface area contributed by atoms with Crippen LogP contribution in [0.4, 0.5) is 10.1 Å². The summed E-state index contributed by atoms with van der Waals surface area (Å²) in [5.74, 6) is -1.21. The monoisotopic (exact) mass is 327 g/mol. The van der Waals surface area contributed by atoms with Crippen molar-refractivity contribution < 1.29 is 17.7 Å². The van der Waals surface area contributed by atoms with E-state index in [1.807, 2.05) is 0 Å². The van der Waals surface area contributed by atoms with Gasteiger partial charge in [0.05, 0.1) is 4.92 Å². The van der Waals surface area contributed by atoms with Gasteiger partial charge in [-0.15, -0.1) is 12.4 Å². The van der Waals surface area contributed by atoms with E-state index in [-0.39, 0.29) is 19.0 Å². The summed E-state index contributed by atoms with van der Waals surface area (Å²) in [5, 5.41) is 10.7. The van der Waals surface area contributed by atoms with Crippen LogP contribution in [0.1, 0.15) is 13.8 Å². The van der Waals surface area contributed by atoms with E-state index < -0.39 is 36.9 Å². The average Bonchev–Trinajstić information content (AvgIpc) is 2.25. The zero-order valence-electron chi connectivity index (χ0n) is 10.8. The molecule has 114 valence electrons. The Morgan fingerprint density at radius 1 is 1.45 bits per heavy atom. The van der Waals surface area contributed by atoms with Crippen LogP contribution in [0.3, 0.4) is 0 Å². The van der Waals surface area contributed by atoms with Crippen LogP contribution in [-0.2, 0) is 10.0 Å². The lowest BCUT2D eigenvalue weighted by Gasteiger charge is -2.18. The van der Waals surface area contributed by atoms with Crippen LogP contribution in [0.2, 0.25) is 0 Å². The van der Waals surface area contributed by atoms with Gasteiger partial charge >= 0.3 is 5.69 Å². The Morgan fingerprint density at radius 3 is 2.45 bits per heavy atom. The molecule has 0 saturated heterocycles. The number of nitrogens with zero attached hydrogens (tertiary/aromatic N) is 1. The van der Waals surface area contributed by atoms with E-state index in [9.17, 15) is 22.9 Å². The molecule has 0 aliphatic carbocycles. The van der Waals surface area contributed by atoms with Gasteiger partial charge < -0.3 is 5.73 Å². The molecule has 3 N–H and O–H groups in total. The van der Waals surface area contributed by atoms with Gasteiger partial charge in [-0.3, -0.25) is 10.1 Å². The predicted octanol–water partition coefficient (Wildman–Crippen LogP) is 1.17.